The van der Waals surface area contributed by atoms with Gasteiger partial charge in [0.25, 0.3) is 0 Å². The van der Waals surface area contributed by atoms with E-state index < -0.39 is 33.5 Å². The first-order valence-corrected chi connectivity index (χ1v) is 11.6. The van der Waals surface area contributed by atoms with Crippen LogP contribution in [0.2, 0.25) is 10.0 Å². The number of halogens is 2. The average molecular weight is 527 g/mol. The summed E-state index contributed by atoms with van der Waals surface area (Å²) < 4.78 is 0. The summed E-state index contributed by atoms with van der Waals surface area (Å²) >= 11 is 12.4. The van der Waals surface area contributed by atoms with Gasteiger partial charge in [-0.3, -0.25) is 4.79 Å². The third-order valence-corrected chi connectivity index (χ3v) is 7.57. The van der Waals surface area contributed by atoms with Crippen molar-refractivity contribution in [3.05, 3.63) is 68.2 Å². The van der Waals surface area contributed by atoms with Crippen LogP contribution in [0.4, 0.5) is 0 Å². The minimum atomic E-state index is -1.09. The van der Waals surface area contributed by atoms with Crippen molar-refractivity contribution in [1.82, 2.24) is 0 Å². The Labute approximate surface area is 215 Å². The number of rotatable bonds is 1. The molecule has 1 aliphatic carbocycles. The van der Waals surface area contributed by atoms with Crippen LogP contribution in [0, 0.1) is 6.92 Å². The van der Waals surface area contributed by atoms with E-state index in [9.17, 15) is 35.4 Å². The smallest absolute Gasteiger partial charge is 0.201 e. The Balaban J connectivity index is 1.95. The van der Waals surface area contributed by atoms with Gasteiger partial charge in [-0.25, -0.2) is 0 Å². The molecule has 5 rings (SSSR count). The van der Waals surface area contributed by atoms with Crippen molar-refractivity contribution in [3.8, 4) is 45.6 Å². The fraction of sp³-hybridized carbons (Fsp3) is 0.148. The zero-order chi connectivity index (χ0) is 26.4. The maximum Gasteiger partial charge on any atom is 0.201 e. The molecular formula is C27H20Cl2O7. The number of aromatic hydroxyl groups is 6. The standard InChI is InChI=1S/C27H20Cl2O7/c1-9-4-11(30)8-15(32)16(9)13-7-12(31)5-10-6-14-18(23(33)17(10)13)24(34)19-20(27(14,2)3)21(28)26(36)22(29)25(19)35/h4-8,30-33,35-36H,1-3H3. The lowest BCUT2D eigenvalue weighted by Gasteiger charge is -2.36. The molecule has 0 saturated heterocycles. The van der Waals surface area contributed by atoms with E-state index in [0.717, 1.165) is 6.07 Å². The fourth-order valence-corrected chi connectivity index (χ4v) is 5.92. The van der Waals surface area contributed by atoms with Crippen molar-refractivity contribution in [2.24, 2.45) is 0 Å². The number of phenolic OH excluding ortho intramolecular Hbond substituents is 6. The Morgan fingerprint density at radius 2 is 1.36 bits per heavy atom. The highest BCUT2D eigenvalue weighted by Crippen LogP contribution is 2.56. The molecule has 0 radical (unpaired) electrons. The third-order valence-electron chi connectivity index (χ3n) is 6.85. The van der Waals surface area contributed by atoms with Crippen molar-refractivity contribution in [2.45, 2.75) is 26.2 Å². The lowest BCUT2D eigenvalue weighted by molar-refractivity contribution is 0.102. The van der Waals surface area contributed by atoms with Crippen molar-refractivity contribution < 1.29 is 35.4 Å². The molecule has 0 bridgehead atoms. The van der Waals surface area contributed by atoms with Gasteiger partial charge in [0.05, 0.1) is 16.1 Å². The number of benzene rings is 4. The van der Waals surface area contributed by atoms with Gasteiger partial charge in [-0.05, 0) is 53.3 Å². The predicted molar refractivity (Wildman–Crippen MR) is 136 cm³/mol. The van der Waals surface area contributed by atoms with Gasteiger partial charge in [-0.2, -0.15) is 0 Å². The van der Waals surface area contributed by atoms with Crippen molar-refractivity contribution >= 4 is 39.8 Å². The second-order valence-electron chi connectivity index (χ2n) is 9.43. The maximum absolute atomic E-state index is 13.7. The Morgan fingerprint density at radius 3 is 2.00 bits per heavy atom. The van der Waals surface area contributed by atoms with E-state index in [1.807, 2.05) is 0 Å². The number of hydrogen-bond donors (Lipinski definition) is 6. The first kappa shape index (κ1) is 23.9. The fourth-order valence-electron chi connectivity index (χ4n) is 5.26. The second kappa shape index (κ2) is 7.59. The van der Waals surface area contributed by atoms with Gasteiger partial charge in [0.2, 0.25) is 5.78 Å². The van der Waals surface area contributed by atoms with Crippen LogP contribution in [-0.4, -0.2) is 36.4 Å². The van der Waals surface area contributed by atoms with E-state index in [2.05, 4.69) is 0 Å². The van der Waals surface area contributed by atoms with Gasteiger partial charge in [-0.15, -0.1) is 0 Å². The minimum absolute atomic E-state index is 0.115. The zero-order valence-corrected chi connectivity index (χ0v) is 20.7. The normalized spacial score (nSPS) is 14.1. The number of carbonyl (C=O) groups excluding carboxylic acids is 1. The molecule has 4 aromatic carbocycles. The van der Waals surface area contributed by atoms with Crippen LogP contribution in [0.15, 0.2) is 30.3 Å². The highest BCUT2D eigenvalue weighted by molar-refractivity contribution is 6.40. The zero-order valence-electron chi connectivity index (χ0n) is 19.2. The lowest BCUT2D eigenvalue weighted by Crippen LogP contribution is -2.31. The average Bonchev–Trinajstić information content (AvgIpc) is 2.77. The predicted octanol–water partition coefficient (Wildman–Crippen LogP) is 6.23. The summed E-state index contributed by atoms with van der Waals surface area (Å²) in [6, 6.07) is 6.90. The number of ketones is 1. The van der Waals surface area contributed by atoms with Gasteiger partial charge in [0.1, 0.15) is 33.8 Å². The summed E-state index contributed by atoms with van der Waals surface area (Å²) in [5, 5.41) is 63.4. The van der Waals surface area contributed by atoms with E-state index in [0.29, 0.717) is 16.5 Å². The Morgan fingerprint density at radius 1 is 0.722 bits per heavy atom. The van der Waals surface area contributed by atoms with Crippen LogP contribution in [0.5, 0.6) is 34.5 Å². The summed E-state index contributed by atoms with van der Waals surface area (Å²) in [6.45, 7) is 5.06. The molecule has 6 N–H and O–H groups in total. The second-order valence-corrected chi connectivity index (χ2v) is 10.2. The molecule has 0 atom stereocenters. The van der Waals surface area contributed by atoms with Crippen LogP contribution < -0.4 is 0 Å². The third kappa shape index (κ3) is 3.03. The van der Waals surface area contributed by atoms with Gasteiger partial charge in [0.15, 0.2) is 5.75 Å². The van der Waals surface area contributed by atoms with Crippen LogP contribution >= 0.6 is 23.2 Å². The summed E-state index contributed by atoms with van der Waals surface area (Å²) in [5.74, 6) is -3.04. The summed E-state index contributed by atoms with van der Waals surface area (Å²) in [7, 11) is 0. The maximum atomic E-state index is 13.7. The van der Waals surface area contributed by atoms with Crippen molar-refractivity contribution in [2.75, 3.05) is 0 Å². The number of hydrogen-bond acceptors (Lipinski definition) is 7. The van der Waals surface area contributed by atoms with Crippen LogP contribution in [0.3, 0.4) is 0 Å². The monoisotopic (exact) mass is 526 g/mol. The van der Waals surface area contributed by atoms with Gasteiger partial charge in [-0.1, -0.05) is 37.0 Å². The van der Waals surface area contributed by atoms with E-state index in [1.165, 1.54) is 18.2 Å². The van der Waals surface area contributed by atoms with Crippen molar-refractivity contribution in [1.29, 1.82) is 0 Å². The highest BCUT2D eigenvalue weighted by Gasteiger charge is 2.44. The van der Waals surface area contributed by atoms with Crippen molar-refractivity contribution in [3.63, 3.8) is 0 Å². The first-order chi connectivity index (χ1) is 16.8. The Hall–Kier alpha value is -3.81. The van der Waals surface area contributed by atoms with Crippen LogP contribution in [0.25, 0.3) is 21.9 Å². The van der Waals surface area contributed by atoms with Gasteiger partial charge >= 0.3 is 0 Å². The first-order valence-electron chi connectivity index (χ1n) is 10.8. The minimum Gasteiger partial charge on any atom is -0.508 e. The Bertz CT molecular complexity index is 1650. The molecular weight excluding hydrogens is 507 g/mol. The van der Waals surface area contributed by atoms with E-state index in [-0.39, 0.29) is 55.5 Å². The molecule has 0 heterocycles. The molecule has 7 nitrogen and oxygen atoms in total. The molecule has 0 aliphatic heterocycles. The Kier molecular flexibility index (Phi) is 5.04. The number of fused-ring (bicyclic) bond motifs is 3. The molecule has 0 fully saturated rings. The topological polar surface area (TPSA) is 138 Å². The molecule has 184 valence electrons. The summed E-state index contributed by atoms with van der Waals surface area (Å²) in [5.41, 5.74) is -0.0321. The number of phenols is 6. The summed E-state index contributed by atoms with van der Waals surface area (Å²) in [6.07, 6.45) is 0. The molecule has 36 heavy (non-hydrogen) atoms. The van der Waals surface area contributed by atoms with E-state index in [1.54, 1.807) is 26.8 Å². The molecule has 0 unspecified atom stereocenters. The molecule has 4 aromatic rings. The molecule has 0 aromatic heterocycles. The van der Waals surface area contributed by atoms with Crippen LogP contribution in [0.1, 0.15) is 46.5 Å². The quantitative estimate of drug-likeness (QED) is 0.173. The molecule has 0 spiro atoms. The largest absolute Gasteiger partial charge is 0.508 e. The van der Waals surface area contributed by atoms with E-state index in [4.69, 9.17) is 23.2 Å². The highest BCUT2D eigenvalue weighted by atomic mass is 35.5. The van der Waals surface area contributed by atoms with Gasteiger partial charge in [0, 0.05) is 28.0 Å². The molecule has 0 amide bonds. The molecule has 9 heteroatoms. The number of aryl methyl sites for hydroxylation is 1. The van der Waals surface area contributed by atoms with E-state index >= 15 is 0 Å². The lowest BCUT2D eigenvalue weighted by atomic mass is 9.67. The van der Waals surface area contributed by atoms with Gasteiger partial charge < -0.3 is 30.6 Å². The van der Waals surface area contributed by atoms with Crippen LogP contribution in [-0.2, 0) is 5.41 Å². The number of carbonyl (C=O) groups is 1. The summed E-state index contributed by atoms with van der Waals surface area (Å²) in [4.78, 5) is 13.7. The molecule has 0 saturated carbocycles. The molecule has 1 aliphatic rings. The SMILES string of the molecule is Cc1cc(O)cc(O)c1-c1cc(O)cc2cc3c(c(O)c12)C(=O)c1c(O)c(Cl)c(O)c(Cl)c1C3(C)C.